The lowest BCUT2D eigenvalue weighted by atomic mass is 10.1. The lowest BCUT2D eigenvalue weighted by Crippen LogP contribution is -2.00. The van der Waals surface area contributed by atoms with Gasteiger partial charge in [-0.15, -0.1) is 0 Å². The van der Waals surface area contributed by atoms with Crippen LogP contribution in [0.15, 0.2) is 40.9 Å². The summed E-state index contributed by atoms with van der Waals surface area (Å²) in [6.07, 6.45) is 2.68. The maximum Gasteiger partial charge on any atom is 0.0835 e. The van der Waals surface area contributed by atoms with Gasteiger partial charge in [0.05, 0.1) is 15.7 Å². The van der Waals surface area contributed by atoms with E-state index in [1.165, 1.54) is 24.0 Å². The molecule has 1 nitrogen and oxygen atoms in total. The fourth-order valence-electron chi connectivity index (χ4n) is 2.18. The quantitative estimate of drug-likeness (QED) is 0.627. The van der Waals surface area contributed by atoms with E-state index in [1.807, 2.05) is 12.1 Å². The first-order valence-electron chi connectivity index (χ1n) is 6.61. The fraction of sp³-hybridized carbons (Fsp3) is 0.250. The van der Waals surface area contributed by atoms with Crippen molar-refractivity contribution in [2.45, 2.75) is 25.3 Å². The number of hydrogen-bond acceptors (Lipinski definition) is 1. The summed E-state index contributed by atoms with van der Waals surface area (Å²) in [6.45, 7) is 0.739. The first-order valence-corrected chi connectivity index (χ1v) is 8.16. The van der Waals surface area contributed by atoms with Gasteiger partial charge in [0.2, 0.25) is 0 Å². The predicted octanol–water partition coefficient (Wildman–Crippen LogP) is 6.25. The Morgan fingerprint density at radius 2 is 1.70 bits per heavy atom. The lowest BCUT2D eigenvalue weighted by molar-refractivity contribution is 1.10. The van der Waals surface area contributed by atoms with E-state index in [2.05, 4.69) is 45.5 Å². The summed E-state index contributed by atoms with van der Waals surface area (Å²) in [4.78, 5) is 0. The zero-order chi connectivity index (χ0) is 14.1. The van der Waals surface area contributed by atoms with Gasteiger partial charge in [-0.1, -0.05) is 47.5 Å². The Hall–Kier alpha value is -0.700. The van der Waals surface area contributed by atoms with Crippen molar-refractivity contribution < 1.29 is 0 Å². The van der Waals surface area contributed by atoms with Gasteiger partial charge in [0.25, 0.3) is 0 Å². The second-order valence-corrected chi connectivity index (χ2v) is 6.70. The van der Waals surface area contributed by atoms with Crippen molar-refractivity contribution in [3.63, 3.8) is 0 Å². The van der Waals surface area contributed by atoms with E-state index in [4.69, 9.17) is 23.2 Å². The van der Waals surface area contributed by atoms with Gasteiger partial charge in [0.1, 0.15) is 0 Å². The third-order valence-corrected chi connectivity index (χ3v) is 5.32. The minimum absolute atomic E-state index is 0.542. The summed E-state index contributed by atoms with van der Waals surface area (Å²) in [5.74, 6) is 0.803. The van der Waals surface area contributed by atoms with Gasteiger partial charge in [-0.2, -0.15) is 0 Å². The Balaban J connectivity index is 1.68. The lowest BCUT2D eigenvalue weighted by Gasteiger charge is -2.11. The van der Waals surface area contributed by atoms with Gasteiger partial charge in [0, 0.05) is 11.0 Å². The highest BCUT2D eigenvalue weighted by molar-refractivity contribution is 9.10. The Morgan fingerprint density at radius 3 is 2.35 bits per heavy atom. The molecular formula is C16H14BrCl2N. The molecule has 3 rings (SSSR count). The zero-order valence-electron chi connectivity index (χ0n) is 10.8. The van der Waals surface area contributed by atoms with Crippen LogP contribution in [-0.4, -0.2) is 0 Å². The van der Waals surface area contributed by atoms with E-state index < -0.39 is 0 Å². The highest BCUT2D eigenvalue weighted by Crippen LogP contribution is 2.40. The summed E-state index contributed by atoms with van der Waals surface area (Å²) in [7, 11) is 0. The molecule has 1 aliphatic rings. The molecule has 0 bridgehead atoms. The van der Waals surface area contributed by atoms with Crippen LogP contribution in [0.4, 0.5) is 5.69 Å². The molecule has 1 fully saturated rings. The van der Waals surface area contributed by atoms with E-state index in [-0.39, 0.29) is 0 Å². The molecule has 0 aromatic heterocycles. The van der Waals surface area contributed by atoms with E-state index in [0.29, 0.717) is 10.0 Å². The third kappa shape index (κ3) is 3.13. The number of halogens is 3. The van der Waals surface area contributed by atoms with Crippen LogP contribution in [0.3, 0.4) is 0 Å². The summed E-state index contributed by atoms with van der Waals surface area (Å²) in [5.41, 5.74) is 3.55. The Morgan fingerprint density at radius 1 is 1.00 bits per heavy atom. The van der Waals surface area contributed by atoms with Gasteiger partial charge in [0.15, 0.2) is 0 Å². The molecule has 1 aliphatic carbocycles. The second kappa shape index (κ2) is 5.97. The van der Waals surface area contributed by atoms with Crippen molar-refractivity contribution in [3.05, 3.63) is 62.0 Å². The van der Waals surface area contributed by atoms with Gasteiger partial charge in [-0.25, -0.2) is 0 Å². The van der Waals surface area contributed by atoms with Gasteiger partial charge in [-0.05, 0) is 57.9 Å². The molecule has 0 atom stereocenters. The molecule has 0 unspecified atom stereocenters. The summed E-state index contributed by atoms with van der Waals surface area (Å²) in [5, 5.41) is 4.42. The van der Waals surface area contributed by atoms with Crippen molar-refractivity contribution in [1.82, 2.24) is 0 Å². The molecule has 0 aliphatic heterocycles. The molecule has 0 spiro atoms. The number of anilines is 1. The summed E-state index contributed by atoms with van der Waals surface area (Å²) < 4.78 is 0.809. The van der Waals surface area contributed by atoms with Crippen molar-refractivity contribution in [1.29, 1.82) is 0 Å². The molecule has 2 aromatic rings. The molecule has 0 saturated heterocycles. The van der Waals surface area contributed by atoms with E-state index in [0.717, 1.165) is 22.6 Å². The molecule has 1 saturated carbocycles. The van der Waals surface area contributed by atoms with E-state index >= 15 is 0 Å². The van der Waals surface area contributed by atoms with E-state index in [1.54, 1.807) is 0 Å². The average Bonchev–Trinajstić information content (AvgIpc) is 3.29. The van der Waals surface area contributed by atoms with Crippen LogP contribution in [0.2, 0.25) is 10.0 Å². The number of nitrogens with one attached hydrogen (secondary N) is 1. The molecule has 0 heterocycles. The Kier molecular flexibility index (Phi) is 4.25. The number of benzene rings is 2. The maximum atomic E-state index is 6.22. The van der Waals surface area contributed by atoms with Crippen LogP contribution in [0.1, 0.15) is 29.9 Å². The predicted molar refractivity (Wildman–Crippen MR) is 89.9 cm³/mol. The fourth-order valence-corrected chi connectivity index (χ4v) is 3.02. The average molecular weight is 371 g/mol. The van der Waals surface area contributed by atoms with Crippen LogP contribution in [0.25, 0.3) is 0 Å². The Labute approximate surface area is 137 Å². The SMILES string of the molecule is Clc1c(Br)ccc(NCc2ccc(C3CC3)cc2)c1Cl. The van der Waals surface area contributed by atoms with Crippen molar-refractivity contribution in [2.24, 2.45) is 0 Å². The third-order valence-electron chi connectivity index (χ3n) is 3.55. The minimum atomic E-state index is 0.542. The largest absolute Gasteiger partial charge is 0.380 e. The monoisotopic (exact) mass is 369 g/mol. The van der Waals surface area contributed by atoms with Crippen molar-refractivity contribution in [3.8, 4) is 0 Å². The molecule has 2 aromatic carbocycles. The maximum absolute atomic E-state index is 6.22. The van der Waals surface area contributed by atoms with Crippen molar-refractivity contribution in [2.75, 3.05) is 5.32 Å². The smallest absolute Gasteiger partial charge is 0.0835 e. The van der Waals surface area contributed by atoms with Crippen LogP contribution >= 0.6 is 39.1 Å². The van der Waals surface area contributed by atoms with Crippen LogP contribution < -0.4 is 5.32 Å². The van der Waals surface area contributed by atoms with Crippen LogP contribution in [0.5, 0.6) is 0 Å². The van der Waals surface area contributed by atoms with Gasteiger partial charge < -0.3 is 5.32 Å². The first kappa shape index (κ1) is 14.2. The highest BCUT2D eigenvalue weighted by Gasteiger charge is 2.22. The molecule has 104 valence electrons. The molecular weight excluding hydrogens is 357 g/mol. The van der Waals surface area contributed by atoms with Gasteiger partial charge in [-0.3, -0.25) is 0 Å². The normalized spacial score (nSPS) is 14.3. The van der Waals surface area contributed by atoms with Gasteiger partial charge >= 0.3 is 0 Å². The number of rotatable bonds is 4. The summed E-state index contributed by atoms with van der Waals surface area (Å²) in [6, 6.07) is 12.6. The summed E-state index contributed by atoms with van der Waals surface area (Å²) >= 11 is 15.7. The molecule has 20 heavy (non-hydrogen) atoms. The molecule has 1 N–H and O–H groups in total. The zero-order valence-corrected chi connectivity index (χ0v) is 13.9. The van der Waals surface area contributed by atoms with Crippen molar-refractivity contribution >= 4 is 44.8 Å². The Bertz CT molecular complexity index is 621. The minimum Gasteiger partial charge on any atom is -0.380 e. The standard InChI is InChI=1S/C16H14BrCl2N/c17-13-7-8-14(16(19)15(13)18)20-9-10-1-3-11(4-2-10)12-5-6-12/h1-4,7-8,12,20H,5-6,9H2. The number of hydrogen-bond donors (Lipinski definition) is 1. The molecule has 0 amide bonds. The van der Waals surface area contributed by atoms with E-state index in [9.17, 15) is 0 Å². The first-order chi connectivity index (χ1) is 9.65. The molecule has 0 radical (unpaired) electrons. The topological polar surface area (TPSA) is 12.0 Å². The van der Waals surface area contributed by atoms with Crippen LogP contribution in [-0.2, 0) is 6.54 Å². The highest BCUT2D eigenvalue weighted by atomic mass is 79.9. The van der Waals surface area contributed by atoms with Crippen LogP contribution in [0, 0.1) is 0 Å². The molecule has 4 heteroatoms. The second-order valence-electron chi connectivity index (χ2n) is 5.09.